The van der Waals surface area contributed by atoms with Crippen molar-refractivity contribution in [2.75, 3.05) is 6.61 Å². The second kappa shape index (κ2) is 7.15. The Morgan fingerprint density at radius 3 is 2.43 bits per heavy atom. The van der Waals surface area contributed by atoms with Gasteiger partial charge in [0.05, 0.1) is 0 Å². The molecule has 6 atom stereocenters. The van der Waals surface area contributed by atoms with Crippen LogP contribution in [0.15, 0.2) is 30.3 Å². The van der Waals surface area contributed by atoms with Gasteiger partial charge in [0.15, 0.2) is 0 Å². The van der Waals surface area contributed by atoms with E-state index in [0.717, 1.165) is 5.56 Å². The topological polar surface area (TPSA) is 102 Å². The van der Waals surface area contributed by atoms with Crippen LogP contribution < -0.4 is 5.32 Å². The zero-order valence-corrected chi connectivity index (χ0v) is 11.3. The number of nitrogens with one attached hydrogen (secondary N) is 1. The van der Waals surface area contributed by atoms with Gasteiger partial charge in [0.2, 0.25) is 0 Å². The molecule has 0 saturated carbocycles. The van der Waals surface area contributed by atoms with Crippen molar-refractivity contribution >= 4 is 0 Å². The summed E-state index contributed by atoms with van der Waals surface area (Å²) in [6, 6.07) is 7.29. The molecule has 0 radical (unpaired) electrons. The molecule has 112 valence electrons. The molecule has 1 unspecified atom stereocenters. The van der Waals surface area contributed by atoms with Crippen LogP contribution in [0, 0.1) is 12.3 Å². The first kappa shape index (κ1) is 16.1. The molecule has 1 heterocycles. The average Bonchev–Trinajstić information content (AvgIpc) is 2.52. The first-order valence-electron chi connectivity index (χ1n) is 6.62. The fourth-order valence-corrected chi connectivity index (χ4v) is 2.34. The van der Waals surface area contributed by atoms with Gasteiger partial charge in [-0.3, -0.25) is 0 Å². The first-order chi connectivity index (χ1) is 10.1. The SMILES string of the molecule is [C+]#CC(N[C@@H]1[C@@H](O)[C@H](O)[C@@H](CO)O[C@@H]1O)c1ccccc1. The second-order valence-electron chi connectivity index (χ2n) is 4.91. The van der Waals surface area contributed by atoms with Gasteiger partial charge in [0.1, 0.15) is 0 Å². The summed E-state index contributed by atoms with van der Waals surface area (Å²) in [6.07, 6.45) is 2.21. The van der Waals surface area contributed by atoms with Gasteiger partial charge in [0.25, 0.3) is 0 Å². The molecule has 0 amide bonds. The monoisotopic (exact) mass is 292 g/mol. The van der Waals surface area contributed by atoms with Crippen LogP contribution in [0.1, 0.15) is 11.6 Å². The van der Waals surface area contributed by atoms with Crippen molar-refractivity contribution in [2.24, 2.45) is 0 Å². The molecule has 21 heavy (non-hydrogen) atoms. The zero-order chi connectivity index (χ0) is 15.4. The summed E-state index contributed by atoms with van der Waals surface area (Å²) in [4.78, 5) is 0. The van der Waals surface area contributed by atoms with Crippen molar-refractivity contribution in [2.45, 2.75) is 36.7 Å². The van der Waals surface area contributed by atoms with E-state index in [2.05, 4.69) is 11.2 Å². The van der Waals surface area contributed by atoms with E-state index in [1.807, 2.05) is 6.07 Å². The first-order valence-corrected chi connectivity index (χ1v) is 6.62. The number of rotatable bonds is 4. The molecule has 6 nitrogen and oxygen atoms in total. The predicted molar refractivity (Wildman–Crippen MR) is 73.2 cm³/mol. The van der Waals surface area contributed by atoms with Crippen LogP contribution in [0.5, 0.6) is 0 Å². The molecule has 1 fully saturated rings. The fraction of sp³-hybridized carbons (Fsp3) is 0.467. The Morgan fingerprint density at radius 1 is 1.19 bits per heavy atom. The maximum absolute atomic E-state index is 10.0. The molecule has 0 aromatic heterocycles. The minimum absolute atomic E-state index is 0.513. The van der Waals surface area contributed by atoms with Crippen molar-refractivity contribution in [1.29, 1.82) is 0 Å². The van der Waals surface area contributed by atoms with Crippen LogP contribution in [0.2, 0.25) is 0 Å². The molecule has 1 saturated heterocycles. The molecule has 0 aliphatic carbocycles. The van der Waals surface area contributed by atoms with Gasteiger partial charge in [-0.15, -0.1) is 0 Å². The molecule has 2 rings (SSSR count). The summed E-state index contributed by atoms with van der Waals surface area (Å²) >= 11 is 0. The molecular formula is C15H18NO5+. The number of benzene rings is 1. The molecule has 1 aliphatic heterocycles. The van der Waals surface area contributed by atoms with Gasteiger partial charge in [-0.1, -0.05) is 0 Å². The van der Waals surface area contributed by atoms with Crippen LogP contribution in [0.4, 0.5) is 0 Å². The van der Waals surface area contributed by atoms with E-state index < -0.39 is 43.3 Å². The standard InChI is InChI=1S/C15H18NO5/c1-2-10(9-6-4-3-5-7-9)16-12-14(19)13(18)11(8-17)21-15(12)20/h3-7,10-20H,8H2/q+1/t10?,11-,12-,13-,14-,15+/m1/s1. The van der Waals surface area contributed by atoms with E-state index in [9.17, 15) is 15.3 Å². The summed E-state index contributed by atoms with van der Waals surface area (Å²) in [5.41, 5.74) is 0.727. The quantitative estimate of drug-likeness (QED) is 0.349. The van der Waals surface area contributed by atoms with Crippen LogP contribution >= 0.6 is 0 Å². The van der Waals surface area contributed by atoms with Gasteiger partial charge >= 0.3 is 122 Å². The van der Waals surface area contributed by atoms with Gasteiger partial charge in [0, 0.05) is 0 Å². The summed E-state index contributed by atoms with van der Waals surface area (Å²) < 4.78 is 5.06. The Bertz CT molecular complexity index is 489. The van der Waals surface area contributed by atoms with Crippen molar-refractivity contribution in [3.63, 3.8) is 0 Å². The third-order valence-corrected chi connectivity index (χ3v) is 3.54. The number of ether oxygens (including phenoxy) is 1. The predicted octanol–water partition coefficient (Wildman–Crippen LogP) is -1.29. The van der Waals surface area contributed by atoms with E-state index in [1.165, 1.54) is 0 Å². The Hall–Kier alpha value is -1.24. The molecule has 0 spiro atoms. The van der Waals surface area contributed by atoms with E-state index in [4.69, 9.17) is 16.3 Å². The average molecular weight is 292 g/mol. The summed E-state index contributed by atoms with van der Waals surface area (Å²) in [5, 5.41) is 41.6. The molecule has 1 aliphatic rings. The summed E-state index contributed by atoms with van der Waals surface area (Å²) in [6.45, 7) is -0.513. The summed E-state index contributed by atoms with van der Waals surface area (Å²) in [7, 11) is 0. The molecule has 0 bridgehead atoms. The van der Waals surface area contributed by atoms with Crippen LogP contribution in [-0.2, 0) is 4.74 Å². The van der Waals surface area contributed by atoms with Gasteiger partial charge in [-0.25, -0.2) is 0 Å². The second-order valence-corrected chi connectivity index (χ2v) is 4.91. The third kappa shape index (κ3) is 3.51. The van der Waals surface area contributed by atoms with Crippen LogP contribution in [0.3, 0.4) is 0 Å². The van der Waals surface area contributed by atoms with E-state index in [-0.39, 0.29) is 0 Å². The third-order valence-electron chi connectivity index (χ3n) is 3.54. The van der Waals surface area contributed by atoms with Crippen molar-refractivity contribution in [1.82, 2.24) is 5.32 Å². The Balaban J connectivity index is 2.12. The van der Waals surface area contributed by atoms with E-state index >= 15 is 0 Å². The Morgan fingerprint density at radius 2 is 1.86 bits per heavy atom. The fourth-order valence-electron chi connectivity index (χ4n) is 2.34. The number of hydrogen-bond acceptors (Lipinski definition) is 6. The van der Waals surface area contributed by atoms with Crippen molar-refractivity contribution in [3.05, 3.63) is 42.3 Å². The number of aliphatic hydroxyl groups excluding tert-OH is 4. The maximum atomic E-state index is 10.0. The molecule has 1 aromatic carbocycles. The van der Waals surface area contributed by atoms with Crippen molar-refractivity contribution in [3.8, 4) is 5.92 Å². The van der Waals surface area contributed by atoms with Crippen molar-refractivity contribution < 1.29 is 25.2 Å². The van der Waals surface area contributed by atoms with Crippen LogP contribution in [0.25, 0.3) is 0 Å². The Kier molecular flexibility index (Phi) is 5.50. The zero-order valence-electron chi connectivity index (χ0n) is 11.3. The van der Waals surface area contributed by atoms with E-state index in [1.54, 1.807) is 24.3 Å². The molecular weight excluding hydrogens is 274 g/mol. The van der Waals surface area contributed by atoms with Crippen LogP contribution in [-0.4, -0.2) is 57.7 Å². The number of aliphatic hydroxyl groups is 4. The minimum atomic E-state index is -1.42. The summed E-state index contributed by atoms with van der Waals surface area (Å²) in [5.74, 6) is 2.28. The van der Waals surface area contributed by atoms with Gasteiger partial charge in [-0.05, 0) is 0 Å². The number of hydrogen-bond donors (Lipinski definition) is 5. The molecule has 1 aromatic rings. The Labute approximate surface area is 123 Å². The molecule has 5 N–H and O–H groups in total. The van der Waals surface area contributed by atoms with Gasteiger partial charge in [-0.2, -0.15) is 0 Å². The van der Waals surface area contributed by atoms with Gasteiger partial charge < -0.3 is 0 Å². The molecule has 6 heteroatoms. The van der Waals surface area contributed by atoms with E-state index in [0.29, 0.717) is 0 Å². The normalized spacial score (nSPS) is 34.3.